The molecule has 21 heavy (non-hydrogen) atoms. The van der Waals surface area contributed by atoms with Crippen LogP contribution in [0.1, 0.15) is 38.3 Å². The second-order valence-electron chi connectivity index (χ2n) is 5.70. The zero-order valence-electron chi connectivity index (χ0n) is 13.3. The van der Waals surface area contributed by atoms with Gasteiger partial charge in [0.25, 0.3) is 0 Å². The first-order valence-corrected chi connectivity index (χ1v) is 7.83. The summed E-state index contributed by atoms with van der Waals surface area (Å²) >= 11 is 0. The molecule has 2 heterocycles. The van der Waals surface area contributed by atoms with E-state index >= 15 is 0 Å². The number of likely N-dealkylation sites (tertiary alicyclic amines) is 1. The lowest BCUT2D eigenvalue weighted by atomic mass is 10.0. The number of aryl methyl sites for hydroxylation is 1. The topological polar surface area (TPSA) is 67.4 Å². The second-order valence-corrected chi connectivity index (χ2v) is 5.70. The van der Waals surface area contributed by atoms with Gasteiger partial charge in [-0.2, -0.15) is 5.10 Å². The van der Waals surface area contributed by atoms with Crippen molar-refractivity contribution >= 4 is 5.91 Å². The van der Waals surface area contributed by atoms with Crippen LogP contribution in [0.4, 0.5) is 0 Å². The molecule has 1 unspecified atom stereocenters. The van der Waals surface area contributed by atoms with Crippen molar-refractivity contribution in [3.63, 3.8) is 0 Å². The van der Waals surface area contributed by atoms with Crippen molar-refractivity contribution in [2.45, 2.75) is 38.8 Å². The molecule has 0 bridgehead atoms. The van der Waals surface area contributed by atoms with Crippen molar-refractivity contribution in [1.29, 1.82) is 0 Å². The summed E-state index contributed by atoms with van der Waals surface area (Å²) in [6, 6.07) is 0.00219. The Morgan fingerprint density at radius 3 is 2.52 bits per heavy atom. The van der Waals surface area contributed by atoms with Crippen LogP contribution in [0.3, 0.4) is 0 Å². The molecule has 1 aliphatic heterocycles. The van der Waals surface area contributed by atoms with E-state index in [9.17, 15) is 4.79 Å². The third-order valence-corrected chi connectivity index (χ3v) is 4.45. The van der Waals surface area contributed by atoms with Crippen molar-refractivity contribution in [1.82, 2.24) is 19.6 Å². The Bertz CT molecular complexity index is 460. The fourth-order valence-corrected chi connectivity index (χ4v) is 3.13. The lowest BCUT2D eigenvalue weighted by molar-refractivity contribution is -0.134. The standard InChI is InChI=1S/C15H27N5O/c1-4-19(5-2)13-6-8-20(9-7-13)15(21)14(16)12-10-17-18(3)11-12/h10-11,13-14H,4-9,16H2,1-3H3. The zero-order valence-corrected chi connectivity index (χ0v) is 13.3. The highest BCUT2D eigenvalue weighted by Crippen LogP contribution is 2.20. The maximum atomic E-state index is 12.5. The van der Waals surface area contributed by atoms with E-state index in [2.05, 4.69) is 23.8 Å². The predicted octanol–water partition coefficient (Wildman–Crippen LogP) is 0.753. The zero-order chi connectivity index (χ0) is 15.4. The first-order chi connectivity index (χ1) is 10.1. The SMILES string of the molecule is CCN(CC)C1CCN(C(=O)C(N)c2cnn(C)c2)CC1. The van der Waals surface area contributed by atoms with Crippen molar-refractivity contribution in [3.8, 4) is 0 Å². The maximum absolute atomic E-state index is 12.5. The number of amides is 1. The summed E-state index contributed by atoms with van der Waals surface area (Å²) < 4.78 is 1.68. The Labute approximate surface area is 126 Å². The van der Waals surface area contributed by atoms with Crippen LogP contribution in [0.25, 0.3) is 0 Å². The molecule has 118 valence electrons. The van der Waals surface area contributed by atoms with Crippen LogP contribution < -0.4 is 5.73 Å². The van der Waals surface area contributed by atoms with E-state index in [4.69, 9.17) is 5.73 Å². The quantitative estimate of drug-likeness (QED) is 0.870. The minimum absolute atomic E-state index is 0.0148. The minimum Gasteiger partial charge on any atom is -0.341 e. The third kappa shape index (κ3) is 3.63. The molecule has 6 nitrogen and oxygen atoms in total. The van der Waals surface area contributed by atoms with Crippen LogP contribution in [-0.4, -0.2) is 57.7 Å². The van der Waals surface area contributed by atoms with E-state index in [0.717, 1.165) is 44.6 Å². The number of piperidine rings is 1. The average molecular weight is 293 g/mol. The molecular weight excluding hydrogens is 266 g/mol. The normalized spacial score (nSPS) is 18.2. The highest BCUT2D eigenvalue weighted by atomic mass is 16.2. The smallest absolute Gasteiger partial charge is 0.244 e. The van der Waals surface area contributed by atoms with Gasteiger partial charge in [0.15, 0.2) is 0 Å². The Kier molecular flexibility index (Phi) is 5.36. The fourth-order valence-electron chi connectivity index (χ4n) is 3.13. The molecule has 1 amide bonds. The lowest BCUT2D eigenvalue weighted by Gasteiger charge is -2.38. The van der Waals surface area contributed by atoms with Gasteiger partial charge in [-0.1, -0.05) is 13.8 Å². The molecule has 1 aliphatic rings. The van der Waals surface area contributed by atoms with E-state index in [1.54, 1.807) is 10.9 Å². The van der Waals surface area contributed by atoms with E-state index in [1.165, 1.54) is 0 Å². The molecule has 0 aromatic carbocycles. The summed E-state index contributed by atoms with van der Waals surface area (Å²) in [7, 11) is 1.83. The average Bonchev–Trinajstić information content (AvgIpc) is 2.94. The summed E-state index contributed by atoms with van der Waals surface area (Å²) in [6.07, 6.45) is 5.55. The third-order valence-electron chi connectivity index (χ3n) is 4.45. The van der Waals surface area contributed by atoms with Crippen LogP contribution in [0.5, 0.6) is 0 Å². The molecule has 0 radical (unpaired) electrons. The number of aromatic nitrogens is 2. The summed E-state index contributed by atoms with van der Waals surface area (Å²) in [5, 5.41) is 4.08. The van der Waals surface area contributed by atoms with Gasteiger partial charge in [0.05, 0.1) is 6.20 Å². The molecule has 1 atom stereocenters. The number of nitrogens with two attached hydrogens (primary N) is 1. The number of rotatable bonds is 5. The van der Waals surface area contributed by atoms with Gasteiger partial charge in [-0.25, -0.2) is 0 Å². The molecule has 0 saturated carbocycles. The van der Waals surface area contributed by atoms with Gasteiger partial charge in [0.2, 0.25) is 5.91 Å². The molecule has 2 rings (SSSR count). The molecular formula is C15H27N5O. The van der Waals surface area contributed by atoms with E-state index < -0.39 is 6.04 Å². The van der Waals surface area contributed by atoms with Gasteiger partial charge in [-0.15, -0.1) is 0 Å². The molecule has 1 fully saturated rings. The first-order valence-electron chi connectivity index (χ1n) is 7.83. The van der Waals surface area contributed by atoms with E-state index in [-0.39, 0.29) is 5.91 Å². The molecule has 1 aromatic rings. The van der Waals surface area contributed by atoms with Crippen molar-refractivity contribution in [2.24, 2.45) is 12.8 Å². The summed E-state index contributed by atoms with van der Waals surface area (Å²) in [5.74, 6) is 0.0148. The van der Waals surface area contributed by atoms with Gasteiger partial charge in [0.1, 0.15) is 6.04 Å². The van der Waals surface area contributed by atoms with Crippen LogP contribution in [-0.2, 0) is 11.8 Å². The lowest BCUT2D eigenvalue weighted by Crippen LogP contribution is -2.48. The molecule has 0 aliphatic carbocycles. The number of hydrogen-bond donors (Lipinski definition) is 1. The van der Waals surface area contributed by atoms with Crippen LogP contribution in [0.2, 0.25) is 0 Å². The van der Waals surface area contributed by atoms with Gasteiger partial charge in [-0.05, 0) is 25.9 Å². The molecule has 2 N–H and O–H groups in total. The van der Waals surface area contributed by atoms with Crippen LogP contribution in [0.15, 0.2) is 12.4 Å². The van der Waals surface area contributed by atoms with Gasteiger partial charge < -0.3 is 15.5 Å². The Morgan fingerprint density at radius 2 is 2.05 bits per heavy atom. The van der Waals surface area contributed by atoms with Crippen molar-refractivity contribution in [3.05, 3.63) is 18.0 Å². The molecule has 1 aromatic heterocycles. The minimum atomic E-state index is -0.594. The molecule has 6 heteroatoms. The summed E-state index contributed by atoms with van der Waals surface area (Å²) in [6.45, 7) is 8.13. The number of carbonyl (C=O) groups excluding carboxylic acids is 1. The maximum Gasteiger partial charge on any atom is 0.244 e. The number of nitrogens with zero attached hydrogens (tertiary/aromatic N) is 4. The second kappa shape index (κ2) is 7.04. The van der Waals surface area contributed by atoms with Gasteiger partial charge >= 0.3 is 0 Å². The monoisotopic (exact) mass is 293 g/mol. The number of carbonyl (C=O) groups is 1. The Balaban J connectivity index is 1.91. The Hall–Kier alpha value is -1.40. The highest BCUT2D eigenvalue weighted by Gasteiger charge is 2.29. The summed E-state index contributed by atoms with van der Waals surface area (Å²) in [5.41, 5.74) is 6.86. The Morgan fingerprint density at radius 1 is 1.43 bits per heavy atom. The first kappa shape index (κ1) is 16.0. The predicted molar refractivity (Wildman–Crippen MR) is 82.7 cm³/mol. The highest BCUT2D eigenvalue weighted by molar-refractivity contribution is 5.83. The summed E-state index contributed by atoms with van der Waals surface area (Å²) in [4.78, 5) is 16.8. The van der Waals surface area contributed by atoms with Gasteiger partial charge in [0, 0.05) is 37.9 Å². The molecule has 1 saturated heterocycles. The fraction of sp³-hybridized carbons (Fsp3) is 0.733. The van der Waals surface area contributed by atoms with Gasteiger partial charge in [-0.3, -0.25) is 9.48 Å². The van der Waals surface area contributed by atoms with Crippen molar-refractivity contribution < 1.29 is 4.79 Å². The largest absolute Gasteiger partial charge is 0.341 e. The number of hydrogen-bond acceptors (Lipinski definition) is 4. The van der Waals surface area contributed by atoms with Crippen LogP contribution in [0, 0.1) is 0 Å². The van der Waals surface area contributed by atoms with E-state index in [0.29, 0.717) is 6.04 Å². The van der Waals surface area contributed by atoms with Crippen LogP contribution >= 0.6 is 0 Å². The van der Waals surface area contributed by atoms with Crippen molar-refractivity contribution in [2.75, 3.05) is 26.2 Å². The molecule has 0 spiro atoms. The van der Waals surface area contributed by atoms with E-state index in [1.807, 2.05) is 18.1 Å².